The maximum atomic E-state index is 10.6. The zero-order valence-corrected chi connectivity index (χ0v) is 7.64. The van der Waals surface area contributed by atoms with Crippen molar-refractivity contribution in [2.45, 2.75) is 5.79 Å². The maximum absolute atomic E-state index is 10.6. The highest BCUT2D eigenvalue weighted by atomic mass is 16.5. The summed E-state index contributed by atoms with van der Waals surface area (Å²) in [7, 11) is 0. The van der Waals surface area contributed by atoms with Crippen molar-refractivity contribution in [2.75, 3.05) is 0 Å². The number of carbonyl (C=O) groups is 1. The van der Waals surface area contributed by atoms with Crippen molar-refractivity contribution in [3.63, 3.8) is 0 Å². The van der Waals surface area contributed by atoms with Gasteiger partial charge in [0, 0.05) is 22.7 Å². The Balaban J connectivity index is 2.67. The number of fused-ring (bicyclic) bond motifs is 1. The van der Waals surface area contributed by atoms with Crippen LogP contribution >= 0.6 is 0 Å². The van der Waals surface area contributed by atoms with Crippen LogP contribution in [-0.2, 0) is 10.6 Å². The SMILES string of the molecule is O=C(O)C(O)(O)c1c[nH]c2ccccc12. The van der Waals surface area contributed by atoms with Crippen LogP contribution in [0.15, 0.2) is 30.5 Å². The number of hydrogen-bond acceptors (Lipinski definition) is 3. The number of aliphatic carboxylic acids is 1. The molecule has 5 heteroatoms. The van der Waals surface area contributed by atoms with E-state index in [-0.39, 0.29) is 5.56 Å². The van der Waals surface area contributed by atoms with Gasteiger partial charge < -0.3 is 20.3 Å². The molecule has 0 spiro atoms. The van der Waals surface area contributed by atoms with Gasteiger partial charge in [-0.25, -0.2) is 4.79 Å². The van der Waals surface area contributed by atoms with Crippen LogP contribution in [0.1, 0.15) is 5.56 Å². The van der Waals surface area contributed by atoms with Gasteiger partial charge >= 0.3 is 5.97 Å². The molecule has 2 rings (SSSR count). The first-order chi connectivity index (χ1) is 7.03. The summed E-state index contributed by atoms with van der Waals surface area (Å²) < 4.78 is 0. The number of carboxylic acids is 1. The number of aliphatic hydroxyl groups is 2. The lowest BCUT2D eigenvalue weighted by Gasteiger charge is -2.14. The summed E-state index contributed by atoms with van der Waals surface area (Å²) in [5, 5.41) is 27.9. The fourth-order valence-corrected chi connectivity index (χ4v) is 1.48. The number of H-pyrrole nitrogens is 1. The van der Waals surface area contributed by atoms with E-state index in [2.05, 4.69) is 4.98 Å². The highest BCUT2D eigenvalue weighted by Gasteiger charge is 2.37. The molecule has 2 aromatic rings. The van der Waals surface area contributed by atoms with Crippen LogP contribution in [0.2, 0.25) is 0 Å². The number of carboxylic acid groups (broad SMARTS) is 1. The Morgan fingerprint density at radius 3 is 2.60 bits per heavy atom. The van der Waals surface area contributed by atoms with Crippen LogP contribution in [0.5, 0.6) is 0 Å². The normalized spacial score (nSPS) is 11.9. The van der Waals surface area contributed by atoms with Crippen molar-refractivity contribution in [3.8, 4) is 0 Å². The summed E-state index contributed by atoms with van der Waals surface area (Å²) in [5.41, 5.74) is 0.590. The van der Waals surface area contributed by atoms with Gasteiger partial charge in [0.25, 0.3) is 5.79 Å². The first-order valence-electron chi connectivity index (χ1n) is 4.28. The Morgan fingerprint density at radius 2 is 1.93 bits per heavy atom. The van der Waals surface area contributed by atoms with E-state index in [1.165, 1.54) is 6.20 Å². The molecule has 0 saturated heterocycles. The molecule has 0 amide bonds. The maximum Gasteiger partial charge on any atom is 0.369 e. The Labute approximate surface area is 84.6 Å². The molecule has 0 aliphatic carbocycles. The number of nitrogens with one attached hydrogen (secondary N) is 1. The Bertz CT molecular complexity index is 515. The molecular formula is C10H9NO4. The third kappa shape index (κ3) is 1.38. The van der Waals surface area contributed by atoms with E-state index in [4.69, 9.17) is 5.11 Å². The lowest BCUT2D eigenvalue weighted by molar-refractivity contribution is -0.207. The second-order valence-electron chi connectivity index (χ2n) is 3.23. The largest absolute Gasteiger partial charge is 0.477 e. The average Bonchev–Trinajstić information content (AvgIpc) is 2.61. The van der Waals surface area contributed by atoms with E-state index < -0.39 is 11.8 Å². The Kier molecular flexibility index (Phi) is 1.99. The van der Waals surface area contributed by atoms with E-state index in [9.17, 15) is 15.0 Å². The monoisotopic (exact) mass is 207 g/mol. The van der Waals surface area contributed by atoms with Gasteiger partial charge in [0.1, 0.15) is 0 Å². The van der Waals surface area contributed by atoms with Gasteiger partial charge in [-0.1, -0.05) is 18.2 Å². The average molecular weight is 207 g/mol. The summed E-state index contributed by atoms with van der Waals surface area (Å²) in [6.07, 6.45) is 1.28. The minimum atomic E-state index is -2.86. The molecule has 0 fully saturated rings. The van der Waals surface area contributed by atoms with Crippen LogP contribution in [0.4, 0.5) is 0 Å². The molecule has 0 unspecified atom stereocenters. The number of rotatable bonds is 2. The topological polar surface area (TPSA) is 93.6 Å². The standard InChI is InChI=1S/C10H9NO4/c12-9(13)10(14,15)7-5-11-8-4-2-1-3-6(7)8/h1-5,11,14-15H,(H,12,13). The molecule has 0 atom stereocenters. The number of para-hydroxylation sites is 1. The third-order valence-electron chi connectivity index (χ3n) is 2.26. The van der Waals surface area contributed by atoms with E-state index in [0.717, 1.165) is 0 Å². The first kappa shape index (κ1) is 9.70. The minimum absolute atomic E-state index is 0.0643. The van der Waals surface area contributed by atoms with Crippen LogP contribution in [0.3, 0.4) is 0 Å². The fourth-order valence-electron chi connectivity index (χ4n) is 1.48. The molecule has 5 nitrogen and oxygen atoms in total. The molecule has 0 bridgehead atoms. The van der Waals surface area contributed by atoms with Gasteiger partial charge in [0.05, 0.1) is 0 Å². The van der Waals surface area contributed by atoms with Gasteiger partial charge in [-0.15, -0.1) is 0 Å². The second kappa shape index (κ2) is 3.08. The summed E-state index contributed by atoms with van der Waals surface area (Å²) in [4.78, 5) is 13.4. The quantitative estimate of drug-likeness (QED) is 0.536. The van der Waals surface area contributed by atoms with Crippen molar-refractivity contribution in [3.05, 3.63) is 36.0 Å². The van der Waals surface area contributed by atoms with Gasteiger partial charge in [-0.05, 0) is 6.07 Å². The van der Waals surface area contributed by atoms with Crippen LogP contribution in [0.25, 0.3) is 10.9 Å². The first-order valence-corrected chi connectivity index (χ1v) is 4.28. The predicted octanol–water partition coefficient (Wildman–Crippen LogP) is 0.390. The molecule has 4 N–H and O–H groups in total. The van der Waals surface area contributed by atoms with E-state index >= 15 is 0 Å². The van der Waals surface area contributed by atoms with E-state index in [0.29, 0.717) is 10.9 Å². The van der Waals surface area contributed by atoms with Crippen molar-refractivity contribution < 1.29 is 20.1 Å². The number of aromatic nitrogens is 1. The smallest absolute Gasteiger partial charge is 0.369 e. The molecule has 15 heavy (non-hydrogen) atoms. The molecule has 0 saturated carbocycles. The van der Waals surface area contributed by atoms with Crippen LogP contribution in [-0.4, -0.2) is 26.3 Å². The predicted molar refractivity (Wildman–Crippen MR) is 52.1 cm³/mol. The Morgan fingerprint density at radius 1 is 1.27 bits per heavy atom. The molecule has 0 radical (unpaired) electrons. The highest BCUT2D eigenvalue weighted by Crippen LogP contribution is 2.26. The zero-order chi connectivity index (χ0) is 11.1. The molecule has 0 aliphatic heterocycles. The van der Waals surface area contributed by atoms with Gasteiger partial charge in [0.15, 0.2) is 0 Å². The summed E-state index contributed by atoms with van der Waals surface area (Å²) >= 11 is 0. The summed E-state index contributed by atoms with van der Waals surface area (Å²) in [5.74, 6) is -4.56. The molecule has 1 heterocycles. The second-order valence-corrected chi connectivity index (χ2v) is 3.23. The van der Waals surface area contributed by atoms with E-state index in [1.54, 1.807) is 24.3 Å². The summed E-state index contributed by atoms with van der Waals surface area (Å²) in [6.45, 7) is 0. The molecule has 1 aromatic heterocycles. The van der Waals surface area contributed by atoms with Crippen molar-refractivity contribution in [2.24, 2.45) is 0 Å². The zero-order valence-electron chi connectivity index (χ0n) is 7.64. The minimum Gasteiger partial charge on any atom is -0.477 e. The fraction of sp³-hybridized carbons (Fsp3) is 0.100. The van der Waals surface area contributed by atoms with Crippen molar-refractivity contribution in [1.82, 2.24) is 4.98 Å². The van der Waals surface area contributed by atoms with Crippen LogP contribution < -0.4 is 0 Å². The molecular weight excluding hydrogens is 198 g/mol. The highest BCUT2D eigenvalue weighted by molar-refractivity contribution is 5.89. The van der Waals surface area contributed by atoms with Crippen LogP contribution in [0, 0.1) is 0 Å². The lowest BCUT2D eigenvalue weighted by Crippen LogP contribution is -2.34. The molecule has 0 aliphatic rings. The third-order valence-corrected chi connectivity index (χ3v) is 2.26. The number of hydrogen-bond donors (Lipinski definition) is 4. The molecule has 78 valence electrons. The summed E-state index contributed by atoms with van der Waals surface area (Å²) in [6, 6.07) is 6.79. The van der Waals surface area contributed by atoms with Gasteiger partial charge in [-0.3, -0.25) is 0 Å². The van der Waals surface area contributed by atoms with Crippen molar-refractivity contribution in [1.29, 1.82) is 0 Å². The molecule has 1 aromatic carbocycles. The van der Waals surface area contributed by atoms with Gasteiger partial charge in [0.2, 0.25) is 0 Å². The Hall–Kier alpha value is -1.85. The van der Waals surface area contributed by atoms with Gasteiger partial charge in [-0.2, -0.15) is 0 Å². The van der Waals surface area contributed by atoms with E-state index in [1.807, 2.05) is 0 Å². The number of benzene rings is 1. The number of aromatic amines is 1. The lowest BCUT2D eigenvalue weighted by atomic mass is 10.1. The van der Waals surface area contributed by atoms with Crippen molar-refractivity contribution >= 4 is 16.9 Å².